The average Bonchev–Trinajstić information content (AvgIpc) is 2.89. The molecule has 2 saturated heterocycles. The maximum atomic E-state index is 12.7. The van der Waals surface area contributed by atoms with E-state index in [1.54, 1.807) is 0 Å². The summed E-state index contributed by atoms with van der Waals surface area (Å²) in [5.41, 5.74) is 1.81. The smallest absolute Gasteiger partial charge is 0.407 e. The van der Waals surface area contributed by atoms with Crippen molar-refractivity contribution in [3.63, 3.8) is 0 Å². The fourth-order valence-corrected chi connectivity index (χ4v) is 4.17. The van der Waals surface area contributed by atoms with Gasteiger partial charge in [-0.1, -0.05) is 74.0 Å². The summed E-state index contributed by atoms with van der Waals surface area (Å²) >= 11 is 0. The van der Waals surface area contributed by atoms with Crippen molar-refractivity contribution in [2.75, 3.05) is 20.3 Å². The highest BCUT2D eigenvalue weighted by Crippen LogP contribution is 2.35. The van der Waals surface area contributed by atoms with Gasteiger partial charge in [-0.3, -0.25) is 0 Å². The molecule has 3 unspecified atom stereocenters. The molecule has 0 radical (unpaired) electrons. The minimum absolute atomic E-state index is 0.158. The van der Waals surface area contributed by atoms with Gasteiger partial charge in [-0.25, -0.2) is 4.79 Å². The van der Waals surface area contributed by atoms with Gasteiger partial charge in [0.15, 0.2) is 12.6 Å². The number of rotatable bonds is 9. The van der Waals surface area contributed by atoms with Crippen LogP contribution in [-0.4, -0.2) is 57.1 Å². The third kappa shape index (κ3) is 6.14. The molecule has 0 aromatic heterocycles. The highest BCUT2D eigenvalue weighted by Gasteiger charge is 2.51. The van der Waals surface area contributed by atoms with Gasteiger partial charge >= 0.3 is 6.09 Å². The molecule has 1 N–H and O–H groups in total. The molecular weight excluding hydrogens is 438 g/mol. The van der Waals surface area contributed by atoms with Gasteiger partial charge in [0.25, 0.3) is 0 Å². The fraction of sp³-hybridized carbons (Fsp3) is 0.500. The number of amides is 1. The first kappa shape index (κ1) is 24.6. The summed E-state index contributed by atoms with van der Waals surface area (Å²) in [5, 5.41) is 2.90. The number of fused-ring (bicyclic) bond motifs is 1. The van der Waals surface area contributed by atoms with Gasteiger partial charge in [-0.15, -0.1) is 0 Å². The van der Waals surface area contributed by atoms with Crippen molar-refractivity contribution in [1.82, 2.24) is 5.32 Å². The largest absolute Gasteiger partial charge is 0.445 e. The molecule has 0 saturated carbocycles. The second-order valence-corrected chi connectivity index (χ2v) is 8.38. The Morgan fingerprint density at radius 2 is 1.79 bits per heavy atom. The Balaban J connectivity index is 1.48. The van der Waals surface area contributed by atoms with E-state index in [2.05, 4.69) is 12.2 Å². The molecule has 2 aromatic rings. The Morgan fingerprint density at radius 1 is 1.06 bits per heavy atom. The summed E-state index contributed by atoms with van der Waals surface area (Å²) in [6, 6.07) is 18.6. The zero-order valence-corrected chi connectivity index (χ0v) is 19.6. The molecule has 8 heteroatoms. The van der Waals surface area contributed by atoms with Crippen LogP contribution < -0.4 is 5.32 Å². The molecule has 1 amide bonds. The van der Waals surface area contributed by atoms with E-state index in [0.717, 1.165) is 24.0 Å². The number of ether oxygens (including phenoxy) is 6. The predicted molar refractivity (Wildman–Crippen MR) is 124 cm³/mol. The lowest BCUT2D eigenvalue weighted by molar-refractivity contribution is -0.345. The van der Waals surface area contributed by atoms with Crippen molar-refractivity contribution < 1.29 is 33.2 Å². The fourth-order valence-electron chi connectivity index (χ4n) is 4.17. The maximum absolute atomic E-state index is 12.7. The molecule has 184 valence electrons. The number of alkyl carbamates (subject to hydrolysis) is 1. The maximum Gasteiger partial charge on any atom is 0.407 e. The van der Waals surface area contributed by atoms with Crippen LogP contribution in [0.5, 0.6) is 0 Å². The van der Waals surface area contributed by atoms with Crippen LogP contribution in [-0.2, 0) is 35.0 Å². The number of hydrogen-bond acceptors (Lipinski definition) is 7. The van der Waals surface area contributed by atoms with Crippen molar-refractivity contribution in [3.05, 3.63) is 71.8 Å². The third-order valence-corrected chi connectivity index (χ3v) is 5.95. The molecule has 2 aliphatic rings. The Labute approximate surface area is 200 Å². The molecule has 2 heterocycles. The van der Waals surface area contributed by atoms with Gasteiger partial charge in [0, 0.05) is 19.3 Å². The van der Waals surface area contributed by atoms with Crippen LogP contribution in [0.1, 0.15) is 37.2 Å². The number of unbranched alkanes of at least 4 members (excludes halogenated alkanes) is 1. The highest BCUT2D eigenvalue weighted by molar-refractivity contribution is 5.67. The minimum Gasteiger partial charge on any atom is -0.445 e. The second-order valence-electron chi connectivity index (χ2n) is 8.38. The van der Waals surface area contributed by atoms with Gasteiger partial charge < -0.3 is 33.7 Å². The molecule has 2 aliphatic heterocycles. The average molecular weight is 472 g/mol. The summed E-state index contributed by atoms with van der Waals surface area (Å²) in [6.07, 6.45) is -1.35. The number of hydrogen-bond donors (Lipinski definition) is 1. The van der Waals surface area contributed by atoms with Crippen LogP contribution in [0, 0.1) is 0 Å². The van der Waals surface area contributed by atoms with Crippen molar-refractivity contribution in [3.8, 4) is 0 Å². The van der Waals surface area contributed by atoms with Crippen LogP contribution in [0.15, 0.2) is 60.7 Å². The van der Waals surface area contributed by atoms with Crippen molar-refractivity contribution in [2.45, 2.75) is 63.3 Å². The summed E-state index contributed by atoms with van der Waals surface area (Å²) < 4.78 is 35.7. The lowest BCUT2D eigenvalue weighted by Crippen LogP contribution is -2.67. The Morgan fingerprint density at radius 3 is 2.50 bits per heavy atom. The van der Waals surface area contributed by atoms with Crippen LogP contribution in [0.3, 0.4) is 0 Å². The van der Waals surface area contributed by atoms with E-state index >= 15 is 0 Å². The molecular formula is C26H33NO7. The molecule has 2 fully saturated rings. The number of carbonyl (C=O) groups is 1. The predicted octanol–water partition coefficient (Wildman–Crippen LogP) is 3.95. The van der Waals surface area contributed by atoms with Crippen LogP contribution in [0.2, 0.25) is 0 Å². The normalized spacial score (nSPS) is 28.6. The highest BCUT2D eigenvalue weighted by atomic mass is 16.7. The molecule has 0 aliphatic carbocycles. The quantitative estimate of drug-likeness (QED) is 0.555. The van der Waals surface area contributed by atoms with E-state index in [1.807, 2.05) is 60.7 Å². The number of carbonyl (C=O) groups excluding carboxylic acids is 1. The van der Waals surface area contributed by atoms with Gasteiger partial charge in [0.2, 0.25) is 0 Å². The first-order chi connectivity index (χ1) is 16.7. The Bertz CT molecular complexity index is 881. The summed E-state index contributed by atoms with van der Waals surface area (Å²) in [7, 11) is 1.54. The number of methoxy groups -OCH3 is 1. The number of benzene rings is 2. The summed E-state index contributed by atoms with van der Waals surface area (Å²) in [5.74, 6) is 0. The monoisotopic (exact) mass is 471 g/mol. The first-order valence-corrected chi connectivity index (χ1v) is 11.8. The van der Waals surface area contributed by atoms with E-state index in [0.29, 0.717) is 13.2 Å². The van der Waals surface area contributed by atoms with Crippen LogP contribution >= 0.6 is 0 Å². The molecule has 34 heavy (non-hydrogen) atoms. The molecule has 4 rings (SSSR count). The van der Waals surface area contributed by atoms with Crippen LogP contribution in [0.25, 0.3) is 0 Å². The Kier molecular flexibility index (Phi) is 8.90. The zero-order valence-electron chi connectivity index (χ0n) is 19.6. The van der Waals surface area contributed by atoms with Crippen molar-refractivity contribution in [2.24, 2.45) is 0 Å². The second kappa shape index (κ2) is 12.3. The van der Waals surface area contributed by atoms with Gasteiger partial charge in [-0.2, -0.15) is 0 Å². The molecule has 2 aromatic carbocycles. The molecule has 0 spiro atoms. The van der Waals surface area contributed by atoms with Crippen molar-refractivity contribution in [1.29, 1.82) is 0 Å². The third-order valence-electron chi connectivity index (χ3n) is 5.95. The number of nitrogens with one attached hydrogen (secondary N) is 1. The minimum atomic E-state index is -0.738. The summed E-state index contributed by atoms with van der Waals surface area (Å²) in [6.45, 7) is 3.11. The molecule has 6 atom stereocenters. The van der Waals surface area contributed by atoms with E-state index in [4.69, 9.17) is 28.4 Å². The molecule has 8 nitrogen and oxygen atoms in total. The van der Waals surface area contributed by atoms with Gasteiger partial charge in [0.05, 0.1) is 6.61 Å². The van der Waals surface area contributed by atoms with Gasteiger partial charge in [0.1, 0.15) is 31.0 Å². The lowest BCUT2D eigenvalue weighted by atomic mass is 9.95. The topological polar surface area (TPSA) is 84.5 Å². The standard InChI is InChI=1S/C26H33NO7/c1-3-4-15-30-23-21(27-26(28)32-16-18-11-7-5-8-12-18)25(29-2)33-20-17-31-24(34-22(20)23)19-13-9-6-10-14-19/h5-14,20-25H,3-4,15-17H2,1-2H3,(H,27,28)/t20?,21?,22-,23-,24?,25+/m1/s1. The van der Waals surface area contributed by atoms with E-state index in [-0.39, 0.29) is 6.61 Å². The SMILES string of the molecule is CCCCO[C@@H]1C(NC(=O)OCc2ccccc2)[C@@H](OC)OC2COC(c3ccccc3)O[C@H]21. The van der Waals surface area contributed by atoms with E-state index in [1.165, 1.54) is 7.11 Å². The van der Waals surface area contributed by atoms with Crippen LogP contribution in [0.4, 0.5) is 4.79 Å². The van der Waals surface area contributed by atoms with Gasteiger partial charge in [-0.05, 0) is 12.0 Å². The van der Waals surface area contributed by atoms with E-state index < -0.39 is 43.0 Å². The Hall–Kier alpha value is -2.49. The zero-order chi connectivity index (χ0) is 23.8. The first-order valence-electron chi connectivity index (χ1n) is 11.8. The van der Waals surface area contributed by atoms with E-state index in [9.17, 15) is 4.79 Å². The lowest BCUT2D eigenvalue weighted by Gasteiger charge is -2.48. The molecule has 0 bridgehead atoms. The summed E-state index contributed by atoms with van der Waals surface area (Å²) in [4.78, 5) is 12.7. The van der Waals surface area contributed by atoms with Crippen molar-refractivity contribution >= 4 is 6.09 Å².